The van der Waals surface area contributed by atoms with Gasteiger partial charge in [-0.25, -0.2) is 0 Å². The molecular weight excluding hydrogens is 304 g/mol. The number of hydrogen-bond acceptors (Lipinski definition) is 4. The Hall–Kier alpha value is -1.32. The van der Waals surface area contributed by atoms with Gasteiger partial charge in [-0.1, -0.05) is 20.3 Å². The van der Waals surface area contributed by atoms with E-state index < -0.39 is 0 Å². The molecule has 24 heavy (non-hydrogen) atoms. The summed E-state index contributed by atoms with van der Waals surface area (Å²) in [7, 11) is 0. The zero-order valence-electron chi connectivity index (χ0n) is 15.7. The van der Waals surface area contributed by atoms with Gasteiger partial charge in [-0.05, 0) is 38.5 Å². The quantitative estimate of drug-likeness (QED) is 0.385. The molecule has 0 aliphatic heterocycles. The van der Waals surface area contributed by atoms with Gasteiger partial charge >= 0.3 is 0 Å². The molecule has 0 saturated carbocycles. The molecule has 0 fully saturated rings. The van der Waals surface area contributed by atoms with Crippen molar-refractivity contribution in [2.24, 2.45) is 5.92 Å². The second kappa shape index (κ2) is 14.1. The number of carbonyl (C=O) groups is 4. The Morgan fingerprint density at radius 1 is 0.708 bits per heavy atom. The largest absolute Gasteiger partial charge is 0.300 e. The lowest BCUT2D eigenvalue weighted by Gasteiger charge is -2.15. The molecule has 0 aromatic heterocycles. The van der Waals surface area contributed by atoms with Gasteiger partial charge in [-0.3, -0.25) is 14.4 Å². The molecule has 1 unspecified atom stereocenters. The van der Waals surface area contributed by atoms with Crippen molar-refractivity contribution < 1.29 is 19.2 Å². The lowest BCUT2D eigenvalue weighted by molar-refractivity contribution is -0.124. The van der Waals surface area contributed by atoms with Crippen LogP contribution < -0.4 is 0 Å². The van der Waals surface area contributed by atoms with Crippen molar-refractivity contribution in [3.8, 4) is 0 Å². The molecule has 0 heterocycles. The summed E-state index contributed by atoms with van der Waals surface area (Å²) in [6, 6.07) is 0. The van der Waals surface area contributed by atoms with E-state index in [1.165, 1.54) is 0 Å². The van der Waals surface area contributed by atoms with E-state index in [1.54, 1.807) is 6.92 Å². The summed E-state index contributed by atoms with van der Waals surface area (Å²) in [6.45, 7) is 5.41. The van der Waals surface area contributed by atoms with Gasteiger partial charge in [0.25, 0.3) is 0 Å². The Kier molecular flexibility index (Phi) is 13.3. The molecule has 4 heteroatoms. The number of Topliss-reactive ketones (excluding diaryl/α,β-unsaturated/α-hetero) is 4. The minimum Gasteiger partial charge on any atom is -0.300 e. The van der Waals surface area contributed by atoms with E-state index >= 15 is 0 Å². The smallest absolute Gasteiger partial charge is 0.133 e. The highest BCUT2D eigenvalue weighted by Crippen LogP contribution is 2.21. The zero-order chi connectivity index (χ0) is 18.4. The molecule has 0 aromatic rings. The summed E-state index contributed by atoms with van der Waals surface area (Å²) < 4.78 is 0. The molecule has 0 aromatic carbocycles. The first-order chi connectivity index (χ1) is 11.4. The molecule has 0 saturated heterocycles. The van der Waals surface area contributed by atoms with Gasteiger partial charge in [-0.2, -0.15) is 0 Å². The first kappa shape index (κ1) is 22.7. The van der Waals surface area contributed by atoms with Gasteiger partial charge in [0.15, 0.2) is 0 Å². The standard InChI is InChI=1S/C20H34O4/c1-4-8-19(23)13-14-20(24)12-11-17(15-18(22)5-2)10-7-6-9-16(3)21/h17H,4-15H2,1-3H3. The van der Waals surface area contributed by atoms with Crippen LogP contribution in [0.2, 0.25) is 0 Å². The van der Waals surface area contributed by atoms with Crippen molar-refractivity contribution in [1.29, 1.82) is 0 Å². The Morgan fingerprint density at radius 2 is 1.33 bits per heavy atom. The SMILES string of the molecule is CCCC(=O)CCC(=O)CCC(CCCCC(C)=O)CC(=O)CC. The van der Waals surface area contributed by atoms with E-state index in [4.69, 9.17) is 0 Å². The van der Waals surface area contributed by atoms with Gasteiger partial charge in [0.05, 0.1) is 0 Å². The molecule has 0 amide bonds. The fourth-order valence-corrected chi connectivity index (χ4v) is 2.79. The Labute approximate surface area is 146 Å². The lowest BCUT2D eigenvalue weighted by Crippen LogP contribution is -2.11. The summed E-state index contributed by atoms with van der Waals surface area (Å²) in [6.07, 6.45) is 7.54. The average molecular weight is 338 g/mol. The monoisotopic (exact) mass is 338 g/mol. The van der Waals surface area contributed by atoms with Crippen molar-refractivity contribution in [2.45, 2.75) is 97.8 Å². The third-order valence-electron chi connectivity index (χ3n) is 4.34. The number of hydrogen-bond donors (Lipinski definition) is 0. The predicted molar refractivity (Wildman–Crippen MR) is 95.9 cm³/mol. The summed E-state index contributed by atoms with van der Waals surface area (Å²) in [5.74, 6) is 0.935. The van der Waals surface area contributed by atoms with Gasteiger partial charge in [-0.15, -0.1) is 0 Å². The van der Waals surface area contributed by atoms with Crippen molar-refractivity contribution in [3.05, 3.63) is 0 Å². The topological polar surface area (TPSA) is 68.3 Å². The van der Waals surface area contributed by atoms with Gasteiger partial charge in [0.1, 0.15) is 23.1 Å². The van der Waals surface area contributed by atoms with E-state index in [0.29, 0.717) is 51.4 Å². The first-order valence-corrected chi connectivity index (χ1v) is 9.43. The number of ketones is 4. The minimum absolute atomic E-state index is 0.122. The Morgan fingerprint density at radius 3 is 1.88 bits per heavy atom. The normalized spacial score (nSPS) is 12.0. The molecule has 1 atom stereocenters. The summed E-state index contributed by atoms with van der Waals surface area (Å²) in [4.78, 5) is 46.1. The van der Waals surface area contributed by atoms with E-state index in [1.807, 2.05) is 13.8 Å². The van der Waals surface area contributed by atoms with Gasteiger partial charge < -0.3 is 4.79 Å². The minimum atomic E-state index is 0.122. The molecule has 0 rings (SSSR count). The Balaban J connectivity index is 4.18. The maximum Gasteiger partial charge on any atom is 0.133 e. The van der Waals surface area contributed by atoms with Crippen LogP contribution in [0.25, 0.3) is 0 Å². The third-order valence-corrected chi connectivity index (χ3v) is 4.34. The highest BCUT2D eigenvalue weighted by Gasteiger charge is 2.15. The van der Waals surface area contributed by atoms with Crippen molar-refractivity contribution in [3.63, 3.8) is 0 Å². The van der Waals surface area contributed by atoms with E-state index in [9.17, 15) is 19.2 Å². The molecular formula is C20H34O4. The van der Waals surface area contributed by atoms with Crippen LogP contribution in [0.1, 0.15) is 97.8 Å². The highest BCUT2D eigenvalue weighted by molar-refractivity contribution is 5.86. The fraction of sp³-hybridized carbons (Fsp3) is 0.800. The van der Waals surface area contributed by atoms with Crippen LogP contribution in [0.5, 0.6) is 0 Å². The molecule has 0 radical (unpaired) electrons. The summed E-state index contributed by atoms with van der Waals surface area (Å²) >= 11 is 0. The van der Waals surface area contributed by atoms with E-state index in [2.05, 4.69) is 0 Å². The average Bonchev–Trinajstić information content (AvgIpc) is 2.54. The maximum atomic E-state index is 11.9. The van der Waals surface area contributed by atoms with Crippen LogP contribution in [-0.4, -0.2) is 23.1 Å². The fourth-order valence-electron chi connectivity index (χ4n) is 2.79. The van der Waals surface area contributed by atoms with Gasteiger partial charge in [0.2, 0.25) is 0 Å². The van der Waals surface area contributed by atoms with Crippen molar-refractivity contribution in [1.82, 2.24) is 0 Å². The van der Waals surface area contributed by atoms with Crippen LogP contribution in [0.4, 0.5) is 0 Å². The van der Waals surface area contributed by atoms with Crippen molar-refractivity contribution in [2.75, 3.05) is 0 Å². The molecule has 0 spiro atoms. The third kappa shape index (κ3) is 13.1. The van der Waals surface area contributed by atoms with E-state index in [0.717, 1.165) is 25.7 Å². The number of unbranched alkanes of at least 4 members (excludes halogenated alkanes) is 1. The lowest BCUT2D eigenvalue weighted by atomic mass is 9.89. The molecule has 138 valence electrons. The molecule has 4 nitrogen and oxygen atoms in total. The van der Waals surface area contributed by atoms with Gasteiger partial charge in [0, 0.05) is 44.9 Å². The summed E-state index contributed by atoms with van der Waals surface area (Å²) in [5.41, 5.74) is 0. The molecule has 0 aliphatic rings. The van der Waals surface area contributed by atoms with Crippen LogP contribution in [-0.2, 0) is 19.2 Å². The highest BCUT2D eigenvalue weighted by atomic mass is 16.1. The van der Waals surface area contributed by atoms with Crippen LogP contribution >= 0.6 is 0 Å². The first-order valence-electron chi connectivity index (χ1n) is 9.43. The zero-order valence-corrected chi connectivity index (χ0v) is 15.7. The maximum absolute atomic E-state index is 11.9. The van der Waals surface area contributed by atoms with Crippen LogP contribution in [0.3, 0.4) is 0 Å². The Bertz CT molecular complexity index is 412. The second-order valence-corrected chi connectivity index (χ2v) is 6.78. The second-order valence-electron chi connectivity index (χ2n) is 6.78. The number of carbonyl (C=O) groups excluding carboxylic acids is 4. The molecule has 0 aliphatic carbocycles. The van der Waals surface area contributed by atoms with E-state index in [-0.39, 0.29) is 29.1 Å². The summed E-state index contributed by atoms with van der Waals surface area (Å²) in [5, 5.41) is 0. The molecule has 0 bridgehead atoms. The molecule has 0 N–H and O–H groups in total. The predicted octanol–water partition coefficient (Wildman–Crippen LogP) is 4.62. The van der Waals surface area contributed by atoms with Crippen LogP contribution in [0, 0.1) is 5.92 Å². The van der Waals surface area contributed by atoms with Crippen LogP contribution in [0.15, 0.2) is 0 Å². The number of rotatable bonds is 16. The van der Waals surface area contributed by atoms with Crippen molar-refractivity contribution >= 4 is 23.1 Å².